The van der Waals surface area contributed by atoms with Crippen molar-refractivity contribution < 1.29 is 9.36 Å². The van der Waals surface area contributed by atoms with Crippen LogP contribution in [0.15, 0.2) is 58.5 Å². The van der Waals surface area contributed by atoms with Gasteiger partial charge >= 0.3 is 0 Å². The molecule has 29 heavy (non-hydrogen) atoms. The number of hydrogen-bond donors (Lipinski definition) is 1. The number of pyridine rings is 1. The molecule has 3 aromatic rings. The Bertz CT molecular complexity index is 1140. The highest BCUT2D eigenvalue weighted by atomic mass is 32.2. The predicted molar refractivity (Wildman–Crippen MR) is 122 cm³/mol. The molecule has 0 atom stereocenters. The van der Waals surface area contributed by atoms with Gasteiger partial charge in [-0.3, -0.25) is 4.79 Å². The molecule has 0 unspecified atom stereocenters. The molecule has 148 valence electrons. The lowest BCUT2D eigenvalue weighted by Gasteiger charge is -2.17. The molecule has 1 amide bonds. The summed E-state index contributed by atoms with van der Waals surface area (Å²) in [7, 11) is 0. The van der Waals surface area contributed by atoms with Crippen LogP contribution in [0.1, 0.15) is 32.0 Å². The van der Waals surface area contributed by atoms with E-state index in [1.165, 1.54) is 33.8 Å². The first kappa shape index (κ1) is 19.5. The lowest BCUT2D eigenvalue weighted by Crippen LogP contribution is -2.37. The molecule has 1 aliphatic heterocycles. The molecule has 4 rings (SSSR count). The van der Waals surface area contributed by atoms with Gasteiger partial charge in [-0.15, -0.1) is 0 Å². The average molecular weight is 405 g/mol. The van der Waals surface area contributed by atoms with Gasteiger partial charge < -0.3 is 10.2 Å². The quantitative estimate of drug-likeness (QED) is 0.596. The second kappa shape index (κ2) is 7.91. The number of fused-ring (bicyclic) bond motifs is 2. The molecule has 0 bridgehead atoms. The van der Waals surface area contributed by atoms with Crippen molar-refractivity contribution in [3.05, 3.63) is 64.8 Å². The van der Waals surface area contributed by atoms with Gasteiger partial charge in [-0.05, 0) is 56.7 Å². The molecular formula is C24H26N3OS+. The largest absolute Gasteiger partial charge is 0.335 e. The maximum absolute atomic E-state index is 11.4. The summed E-state index contributed by atoms with van der Waals surface area (Å²) >= 11 is 1.84. The van der Waals surface area contributed by atoms with E-state index in [9.17, 15) is 4.79 Å². The molecule has 0 saturated carbocycles. The third kappa shape index (κ3) is 3.75. The molecule has 0 aliphatic carbocycles. The van der Waals surface area contributed by atoms with Gasteiger partial charge in [-0.2, -0.15) is 4.57 Å². The third-order valence-electron chi connectivity index (χ3n) is 5.17. The molecule has 0 radical (unpaired) electrons. The van der Waals surface area contributed by atoms with E-state index in [4.69, 9.17) is 0 Å². The second-order valence-corrected chi connectivity index (χ2v) is 8.32. The first-order valence-electron chi connectivity index (χ1n) is 10.0. The van der Waals surface area contributed by atoms with Crippen molar-refractivity contribution in [1.29, 1.82) is 0 Å². The number of aromatic nitrogens is 1. The molecule has 4 nitrogen and oxygen atoms in total. The number of carbonyl (C=O) groups is 1. The Kier molecular flexibility index (Phi) is 5.33. The van der Waals surface area contributed by atoms with Gasteiger partial charge in [0, 0.05) is 47.6 Å². The summed E-state index contributed by atoms with van der Waals surface area (Å²) in [5.41, 5.74) is 5.75. The number of benzene rings is 2. The van der Waals surface area contributed by atoms with Gasteiger partial charge in [-0.1, -0.05) is 17.8 Å². The van der Waals surface area contributed by atoms with Crippen LogP contribution in [0.4, 0.5) is 11.4 Å². The number of nitrogens with one attached hydrogen (secondary N) is 1. The van der Waals surface area contributed by atoms with E-state index in [0.717, 1.165) is 29.7 Å². The van der Waals surface area contributed by atoms with Gasteiger partial charge in [0.15, 0.2) is 0 Å². The highest BCUT2D eigenvalue weighted by Gasteiger charge is 2.25. The van der Waals surface area contributed by atoms with Gasteiger partial charge in [0.2, 0.25) is 17.1 Å². The lowest BCUT2D eigenvalue weighted by atomic mass is 10.1. The number of amides is 1. The maximum atomic E-state index is 11.4. The van der Waals surface area contributed by atoms with Gasteiger partial charge in [0.25, 0.3) is 0 Å². The lowest BCUT2D eigenvalue weighted by molar-refractivity contribution is -0.669. The summed E-state index contributed by atoms with van der Waals surface area (Å²) in [5, 5.41) is 5.24. The topological polar surface area (TPSA) is 36.2 Å². The van der Waals surface area contributed by atoms with Gasteiger partial charge in [-0.25, -0.2) is 0 Å². The van der Waals surface area contributed by atoms with Crippen molar-refractivity contribution in [1.82, 2.24) is 0 Å². The van der Waals surface area contributed by atoms with E-state index < -0.39 is 0 Å². The first-order chi connectivity index (χ1) is 14.0. The van der Waals surface area contributed by atoms with E-state index in [0.29, 0.717) is 0 Å². The average Bonchev–Trinajstić information content (AvgIpc) is 3.03. The van der Waals surface area contributed by atoms with Crippen molar-refractivity contribution in [2.24, 2.45) is 0 Å². The fourth-order valence-electron chi connectivity index (χ4n) is 3.87. The molecule has 1 N–H and O–H groups in total. The number of rotatable bonds is 4. The van der Waals surface area contributed by atoms with Gasteiger partial charge in [0.1, 0.15) is 6.54 Å². The molecule has 1 aromatic heterocycles. The summed E-state index contributed by atoms with van der Waals surface area (Å²) in [6.45, 7) is 9.85. The molecule has 2 heterocycles. The third-order valence-corrected chi connectivity index (χ3v) is 6.27. The Balaban J connectivity index is 1.77. The monoisotopic (exact) mass is 404 g/mol. The maximum Gasteiger partial charge on any atom is 0.221 e. The van der Waals surface area contributed by atoms with E-state index >= 15 is 0 Å². The summed E-state index contributed by atoms with van der Waals surface area (Å²) in [5.74, 6) is -0.0539. The van der Waals surface area contributed by atoms with Crippen LogP contribution in [-0.2, 0) is 11.3 Å². The zero-order chi connectivity index (χ0) is 20.5. The molecular weight excluding hydrogens is 378 g/mol. The second-order valence-electron chi connectivity index (χ2n) is 7.26. The minimum absolute atomic E-state index is 0.0539. The van der Waals surface area contributed by atoms with Crippen LogP contribution >= 0.6 is 11.8 Å². The first-order valence-corrected chi connectivity index (χ1v) is 10.8. The zero-order valence-corrected chi connectivity index (χ0v) is 18.1. The summed E-state index contributed by atoms with van der Waals surface area (Å²) < 4.78 is 2.32. The van der Waals surface area contributed by atoms with Crippen LogP contribution in [0.25, 0.3) is 17.0 Å². The highest BCUT2D eigenvalue weighted by molar-refractivity contribution is 8.03. The Morgan fingerprint density at radius 2 is 1.97 bits per heavy atom. The van der Waals surface area contributed by atoms with E-state index in [-0.39, 0.29) is 5.91 Å². The number of nitrogens with zero attached hydrogens (tertiary/aromatic N) is 2. The van der Waals surface area contributed by atoms with Crippen molar-refractivity contribution in [3.8, 4) is 0 Å². The Morgan fingerprint density at radius 3 is 2.69 bits per heavy atom. The zero-order valence-electron chi connectivity index (χ0n) is 17.3. The Labute approximate surface area is 176 Å². The minimum atomic E-state index is -0.0539. The van der Waals surface area contributed by atoms with Crippen molar-refractivity contribution >= 4 is 46.0 Å². The fraction of sp³-hybridized carbons (Fsp3) is 0.250. The van der Waals surface area contributed by atoms with Crippen molar-refractivity contribution in [2.45, 2.75) is 39.1 Å². The highest BCUT2D eigenvalue weighted by Crippen LogP contribution is 2.46. The van der Waals surface area contributed by atoms with Gasteiger partial charge in [0.05, 0.1) is 10.7 Å². The molecule has 5 heteroatoms. The molecule has 2 aromatic carbocycles. The molecule has 1 aliphatic rings. The van der Waals surface area contributed by atoms with E-state index in [1.807, 2.05) is 23.9 Å². The molecule has 0 spiro atoms. The molecule has 0 saturated heterocycles. The van der Waals surface area contributed by atoms with Crippen LogP contribution < -0.4 is 14.8 Å². The summed E-state index contributed by atoms with van der Waals surface area (Å²) in [6.07, 6.45) is 2.29. The van der Waals surface area contributed by atoms with Crippen LogP contribution in [0, 0.1) is 6.92 Å². The van der Waals surface area contributed by atoms with E-state index in [2.05, 4.69) is 78.0 Å². The number of anilines is 2. The van der Waals surface area contributed by atoms with Crippen LogP contribution in [0.2, 0.25) is 0 Å². The number of carbonyl (C=O) groups excluding carboxylic acids is 1. The smallest absolute Gasteiger partial charge is 0.221 e. The Hall–Kier alpha value is -2.79. The number of hydrogen-bond acceptors (Lipinski definition) is 3. The van der Waals surface area contributed by atoms with E-state index in [1.54, 1.807) is 0 Å². The SMILES string of the molecule is CCN1C(=Cc2ccc3cc(NC(C)=O)ccc3[n+]2CC)Sc2cc(C)ccc21. The predicted octanol–water partition coefficient (Wildman–Crippen LogP) is 5.34. The van der Waals surface area contributed by atoms with Crippen LogP contribution in [-0.4, -0.2) is 12.5 Å². The molecule has 0 fully saturated rings. The Morgan fingerprint density at radius 1 is 1.14 bits per heavy atom. The number of thioether (sulfide) groups is 1. The fourth-order valence-corrected chi connectivity index (χ4v) is 5.14. The summed E-state index contributed by atoms with van der Waals surface area (Å²) in [6, 6.07) is 17.0. The summed E-state index contributed by atoms with van der Waals surface area (Å²) in [4.78, 5) is 15.1. The van der Waals surface area contributed by atoms with Crippen LogP contribution in [0.5, 0.6) is 0 Å². The van der Waals surface area contributed by atoms with Crippen molar-refractivity contribution in [3.63, 3.8) is 0 Å². The normalized spacial score (nSPS) is 14.5. The van der Waals surface area contributed by atoms with Crippen LogP contribution in [0.3, 0.4) is 0 Å². The number of aryl methyl sites for hydroxylation is 2. The van der Waals surface area contributed by atoms with Crippen molar-refractivity contribution in [2.75, 3.05) is 16.8 Å². The minimum Gasteiger partial charge on any atom is -0.335 e. The standard InChI is InChI=1S/C24H25N3OS/c1-5-26-20(10-8-18-14-19(25-17(4)28)9-12-21(18)26)15-24-27(6-2)22-11-7-16(3)13-23(22)29-24/h7-15H,5-6H2,1-4H3/p+1.